The molecule has 3 nitrogen and oxygen atoms in total. The molecule has 0 amide bonds. The van der Waals surface area contributed by atoms with Crippen LogP contribution in [0.4, 0.5) is 0 Å². The average molecular weight is 604 g/mol. The number of para-hydroxylation sites is 2. The molecule has 0 bridgehead atoms. The normalized spacial score (nSPS) is 12.0. The minimum atomic E-state index is 0.877. The van der Waals surface area contributed by atoms with E-state index in [-0.39, 0.29) is 0 Å². The minimum Gasteiger partial charge on any atom is -0.456 e. The zero-order valence-electron chi connectivity index (χ0n) is 26.0. The number of aryl methyl sites for hydroxylation is 2. The van der Waals surface area contributed by atoms with Crippen molar-refractivity contribution in [2.75, 3.05) is 0 Å². The lowest BCUT2D eigenvalue weighted by Crippen LogP contribution is -1.94. The van der Waals surface area contributed by atoms with Gasteiger partial charge in [-0.25, -0.2) is 0 Å². The third kappa shape index (κ3) is 3.80. The topological polar surface area (TPSA) is 31.2 Å². The number of rotatable bonds is 3. The molecule has 0 aliphatic carbocycles. The maximum atomic E-state index is 7.10. The van der Waals surface area contributed by atoms with Gasteiger partial charge in [0.25, 0.3) is 0 Å². The number of nitrogens with zero attached hydrogens (tertiary/aromatic N) is 1. The molecule has 10 rings (SSSR count). The summed E-state index contributed by atoms with van der Waals surface area (Å²) in [5, 5.41) is 6.95. The van der Waals surface area contributed by atoms with E-state index in [9.17, 15) is 0 Å². The van der Waals surface area contributed by atoms with Crippen LogP contribution in [0.15, 0.2) is 148 Å². The molecule has 0 radical (unpaired) electrons. The Kier molecular flexibility index (Phi) is 5.41. The lowest BCUT2D eigenvalue weighted by Gasteiger charge is -2.09. The molecule has 0 aliphatic heterocycles. The Morgan fingerprint density at radius 2 is 1.11 bits per heavy atom. The van der Waals surface area contributed by atoms with Crippen molar-refractivity contribution in [3.8, 4) is 27.9 Å². The van der Waals surface area contributed by atoms with Gasteiger partial charge in [0, 0.05) is 37.9 Å². The molecule has 47 heavy (non-hydrogen) atoms. The van der Waals surface area contributed by atoms with Crippen molar-refractivity contribution in [1.82, 2.24) is 4.57 Å². The Morgan fingerprint density at radius 3 is 1.89 bits per heavy atom. The third-order valence-corrected chi connectivity index (χ3v) is 9.71. The predicted molar refractivity (Wildman–Crippen MR) is 196 cm³/mol. The van der Waals surface area contributed by atoms with Gasteiger partial charge >= 0.3 is 0 Å². The van der Waals surface area contributed by atoms with Gasteiger partial charge in [0.15, 0.2) is 5.58 Å². The van der Waals surface area contributed by atoms with Crippen molar-refractivity contribution in [1.29, 1.82) is 0 Å². The van der Waals surface area contributed by atoms with Crippen LogP contribution in [0.3, 0.4) is 0 Å². The van der Waals surface area contributed by atoms with Gasteiger partial charge in [0.1, 0.15) is 16.7 Å². The van der Waals surface area contributed by atoms with Gasteiger partial charge in [-0.15, -0.1) is 0 Å². The van der Waals surface area contributed by atoms with Crippen LogP contribution in [0.25, 0.3) is 93.6 Å². The predicted octanol–water partition coefficient (Wildman–Crippen LogP) is 12.5. The highest BCUT2D eigenvalue weighted by Crippen LogP contribution is 2.45. The Bertz CT molecular complexity index is 2800. The van der Waals surface area contributed by atoms with Crippen LogP contribution >= 0.6 is 0 Å². The zero-order valence-corrected chi connectivity index (χ0v) is 26.0. The van der Waals surface area contributed by atoms with Crippen LogP contribution in [0.2, 0.25) is 0 Å². The first-order chi connectivity index (χ1) is 23.1. The lowest BCUT2D eigenvalue weighted by atomic mass is 9.94. The number of hydrogen-bond acceptors (Lipinski definition) is 2. The molecule has 3 heteroatoms. The van der Waals surface area contributed by atoms with Crippen molar-refractivity contribution < 1.29 is 8.83 Å². The van der Waals surface area contributed by atoms with E-state index in [1.165, 1.54) is 32.9 Å². The van der Waals surface area contributed by atoms with Gasteiger partial charge in [0.05, 0.1) is 16.7 Å². The maximum Gasteiger partial charge on any atom is 0.159 e. The summed E-state index contributed by atoms with van der Waals surface area (Å²) in [6.45, 7) is 4.32. The molecular formula is C44H29NO2. The zero-order chi connectivity index (χ0) is 31.2. The van der Waals surface area contributed by atoms with Crippen LogP contribution < -0.4 is 0 Å². The van der Waals surface area contributed by atoms with Gasteiger partial charge in [-0.3, -0.25) is 0 Å². The first kappa shape index (κ1) is 26.2. The third-order valence-electron chi connectivity index (χ3n) is 9.71. The number of fused-ring (bicyclic) bond motifs is 9. The summed E-state index contributed by atoms with van der Waals surface area (Å²) in [5.74, 6) is 0. The summed E-state index contributed by atoms with van der Waals surface area (Å²) < 4.78 is 15.7. The van der Waals surface area contributed by atoms with E-state index >= 15 is 0 Å². The van der Waals surface area contributed by atoms with Gasteiger partial charge in [-0.2, -0.15) is 0 Å². The molecular weight excluding hydrogens is 574 g/mol. The molecule has 0 fully saturated rings. The van der Waals surface area contributed by atoms with Crippen LogP contribution in [-0.4, -0.2) is 4.57 Å². The summed E-state index contributed by atoms with van der Waals surface area (Å²) in [7, 11) is 0. The molecule has 3 aromatic heterocycles. The molecule has 0 N–H and O–H groups in total. The molecule has 0 saturated carbocycles. The second-order valence-corrected chi connectivity index (χ2v) is 12.7. The Morgan fingerprint density at radius 1 is 0.426 bits per heavy atom. The first-order valence-electron chi connectivity index (χ1n) is 16.1. The van der Waals surface area contributed by atoms with Gasteiger partial charge in [0.2, 0.25) is 0 Å². The molecule has 10 aromatic rings. The van der Waals surface area contributed by atoms with E-state index in [1.807, 2.05) is 12.1 Å². The van der Waals surface area contributed by atoms with Gasteiger partial charge < -0.3 is 13.4 Å². The minimum absolute atomic E-state index is 0.877. The molecule has 0 saturated heterocycles. The summed E-state index contributed by atoms with van der Waals surface area (Å²) in [6, 6.07) is 49.8. The van der Waals surface area contributed by atoms with Crippen molar-refractivity contribution in [3.63, 3.8) is 0 Å². The van der Waals surface area contributed by atoms with E-state index in [1.54, 1.807) is 0 Å². The number of furan rings is 2. The van der Waals surface area contributed by atoms with Gasteiger partial charge in [-0.1, -0.05) is 96.1 Å². The van der Waals surface area contributed by atoms with Crippen LogP contribution in [0.5, 0.6) is 0 Å². The second kappa shape index (κ2) is 9.72. The monoisotopic (exact) mass is 603 g/mol. The molecule has 222 valence electrons. The van der Waals surface area contributed by atoms with Crippen LogP contribution in [0, 0.1) is 13.8 Å². The summed E-state index contributed by atoms with van der Waals surface area (Å²) >= 11 is 0. The Labute approximate surface area is 270 Å². The molecule has 7 aromatic carbocycles. The fourth-order valence-corrected chi connectivity index (χ4v) is 7.55. The molecule has 0 spiro atoms. The lowest BCUT2D eigenvalue weighted by molar-refractivity contribution is 0.667. The Hall–Kier alpha value is -6.06. The molecule has 0 atom stereocenters. The van der Waals surface area contributed by atoms with E-state index in [2.05, 4.69) is 146 Å². The summed E-state index contributed by atoms with van der Waals surface area (Å²) in [4.78, 5) is 0. The van der Waals surface area contributed by atoms with Gasteiger partial charge in [-0.05, 0) is 85.1 Å². The molecule has 3 heterocycles. The fourth-order valence-electron chi connectivity index (χ4n) is 7.55. The maximum absolute atomic E-state index is 7.10. The standard InChI is InChI=1S/C44H29NO2/c1-26-15-20-37-34(23-26)35-24-27(2)16-21-38(35)45(37)39-13-8-12-33-42-30(18-19-31(44(42)47-43(33)39)28-9-4-3-5-10-28)29-17-22-41-36(25-29)32-11-6-7-14-40(32)46-41/h3-25H,1-2H3. The summed E-state index contributed by atoms with van der Waals surface area (Å²) in [5.41, 5.74) is 13.9. The molecule has 0 unspecified atom stereocenters. The second-order valence-electron chi connectivity index (χ2n) is 12.7. The quantitative estimate of drug-likeness (QED) is 0.201. The van der Waals surface area contributed by atoms with Crippen molar-refractivity contribution >= 4 is 65.7 Å². The van der Waals surface area contributed by atoms with E-state index in [0.29, 0.717) is 0 Å². The number of benzene rings is 7. The van der Waals surface area contributed by atoms with E-state index < -0.39 is 0 Å². The summed E-state index contributed by atoms with van der Waals surface area (Å²) in [6.07, 6.45) is 0. The highest BCUT2D eigenvalue weighted by atomic mass is 16.3. The average Bonchev–Trinajstić information content (AvgIpc) is 3.77. The highest BCUT2D eigenvalue weighted by Gasteiger charge is 2.22. The fraction of sp³-hybridized carbons (Fsp3) is 0.0455. The number of hydrogen-bond donors (Lipinski definition) is 0. The number of aromatic nitrogens is 1. The largest absolute Gasteiger partial charge is 0.456 e. The molecule has 0 aliphatic rings. The van der Waals surface area contributed by atoms with Crippen molar-refractivity contribution in [2.45, 2.75) is 13.8 Å². The van der Waals surface area contributed by atoms with Crippen molar-refractivity contribution in [3.05, 3.63) is 151 Å². The highest BCUT2D eigenvalue weighted by molar-refractivity contribution is 6.19. The van der Waals surface area contributed by atoms with Crippen LogP contribution in [0.1, 0.15) is 11.1 Å². The Balaban J connectivity index is 1.32. The smallest absolute Gasteiger partial charge is 0.159 e. The SMILES string of the molecule is Cc1ccc2c(c1)c1cc(C)ccc1n2-c1cccc2c1oc1c(-c3ccccc3)ccc(-c3ccc4oc5ccccc5c4c3)c12. The van der Waals surface area contributed by atoms with Crippen LogP contribution in [-0.2, 0) is 0 Å². The van der Waals surface area contributed by atoms with E-state index in [4.69, 9.17) is 8.83 Å². The van der Waals surface area contributed by atoms with Crippen molar-refractivity contribution in [2.24, 2.45) is 0 Å². The van der Waals surface area contributed by atoms with E-state index in [0.717, 1.165) is 71.8 Å². The first-order valence-corrected chi connectivity index (χ1v) is 16.1.